The molecule has 0 heterocycles. The van der Waals surface area contributed by atoms with E-state index >= 15 is 0 Å². The van der Waals surface area contributed by atoms with Crippen LogP contribution in [0.2, 0.25) is 0 Å². The average Bonchev–Trinajstić information content (AvgIpc) is 2.08. The lowest BCUT2D eigenvalue weighted by Crippen LogP contribution is -2.54. The van der Waals surface area contributed by atoms with Gasteiger partial charge in [0.1, 0.15) is 12.2 Å². The Kier molecular flexibility index (Phi) is 3.03. The molecule has 5 atom stereocenters. The quantitative estimate of drug-likeness (QED) is 0.304. The summed E-state index contributed by atoms with van der Waals surface area (Å²) in [6.45, 7) is -0.304. The Morgan fingerprint density at radius 2 is 1.50 bits per heavy atom. The molecule has 12 heavy (non-hydrogen) atoms. The molecule has 1 aliphatic carbocycles. The molecule has 0 amide bonds. The third kappa shape index (κ3) is 1.60. The standard InChI is InChI=1S/C7H14O5/c8-2-3-1-4(9)6(11)7(12)5(3)10/h3-12H,1-2H2/t3-,4-,5+,6+,7-/m0/s1. The lowest BCUT2D eigenvalue weighted by Gasteiger charge is -2.37. The van der Waals surface area contributed by atoms with Crippen LogP contribution in [0.3, 0.4) is 0 Å². The van der Waals surface area contributed by atoms with Gasteiger partial charge in [0.25, 0.3) is 0 Å². The van der Waals surface area contributed by atoms with Gasteiger partial charge in [-0.3, -0.25) is 0 Å². The molecule has 72 valence electrons. The fourth-order valence-electron chi connectivity index (χ4n) is 1.48. The molecule has 5 heteroatoms. The Morgan fingerprint density at radius 1 is 0.917 bits per heavy atom. The van der Waals surface area contributed by atoms with E-state index < -0.39 is 30.3 Å². The van der Waals surface area contributed by atoms with Gasteiger partial charge >= 0.3 is 0 Å². The van der Waals surface area contributed by atoms with Gasteiger partial charge in [0, 0.05) is 12.5 Å². The minimum Gasteiger partial charge on any atom is -0.396 e. The smallest absolute Gasteiger partial charge is 0.109 e. The van der Waals surface area contributed by atoms with Crippen molar-refractivity contribution in [1.82, 2.24) is 0 Å². The second kappa shape index (κ2) is 3.68. The third-order valence-electron chi connectivity index (χ3n) is 2.36. The van der Waals surface area contributed by atoms with Crippen LogP contribution in [0.4, 0.5) is 0 Å². The fourth-order valence-corrected chi connectivity index (χ4v) is 1.48. The Bertz CT molecular complexity index is 146. The van der Waals surface area contributed by atoms with Crippen molar-refractivity contribution in [3.63, 3.8) is 0 Å². The maximum Gasteiger partial charge on any atom is 0.109 e. The van der Waals surface area contributed by atoms with Gasteiger partial charge in [-0.15, -0.1) is 0 Å². The SMILES string of the molecule is OC[C@@H]1C[C@H](O)[C@@H](O)[C@@H](O)[C@@H]1O. The predicted octanol–water partition coefficient (Wildman–Crippen LogP) is -2.56. The minimum absolute atomic E-state index is 0.107. The third-order valence-corrected chi connectivity index (χ3v) is 2.36. The Hall–Kier alpha value is -0.200. The first-order valence-corrected chi connectivity index (χ1v) is 3.91. The van der Waals surface area contributed by atoms with Crippen molar-refractivity contribution in [2.24, 2.45) is 5.92 Å². The highest BCUT2D eigenvalue weighted by Crippen LogP contribution is 2.25. The predicted molar refractivity (Wildman–Crippen MR) is 39.2 cm³/mol. The molecule has 1 rings (SSSR count). The fraction of sp³-hybridized carbons (Fsp3) is 1.00. The van der Waals surface area contributed by atoms with Crippen molar-refractivity contribution < 1.29 is 25.5 Å². The largest absolute Gasteiger partial charge is 0.396 e. The molecule has 0 bridgehead atoms. The highest BCUT2D eigenvalue weighted by atomic mass is 16.4. The molecule has 5 nitrogen and oxygen atoms in total. The van der Waals surface area contributed by atoms with Gasteiger partial charge in [0.15, 0.2) is 0 Å². The number of aliphatic hydroxyl groups is 5. The van der Waals surface area contributed by atoms with Gasteiger partial charge in [-0.05, 0) is 6.42 Å². The number of hydrogen-bond donors (Lipinski definition) is 5. The molecule has 0 aromatic carbocycles. The van der Waals surface area contributed by atoms with Gasteiger partial charge in [0.05, 0.1) is 12.2 Å². The van der Waals surface area contributed by atoms with Crippen LogP contribution < -0.4 is 0 Å². The highest BCUT2D eigenvalue weighted by Gasteiger charge is 2.41. The lowest BCUT2D eigenvalue weighted by molar-refractivity contribution is -0.163. The zero-order chi connectivity index (χ0) is 9.30. The summed E-state index contributed by atoms with van der Waals surface area (Å²) in [6, 6.07) is 0. The van der Waals surface area contributed by atoms with Crippen LogP contribution in [0, 0.1) is 5.92 Å². The first-order valence-electron chi connectivity index (χ1n) is 3.91. The summed E-state index contributed by atoms with van der Waals surface area (Å²) in [6.07, 6.45) is -4.81. The van der Waals surface area contributed by atoms with Gasteiger partial charge in [-0.2, -0.15) is 0 Å². The number of hydrogen-bond acceptors (Lipinski definition) is 5. The van der Waals surface area contributed by atoms with Crippen molar-refractivity contribution >= 4 is 0 Å². The Morgan fingerprint density at radius 3 is 2.00 bits per heavy atom. The van der Waals surface area contributed by atoms with E-state index in [1.54, 1.807) is 0 Å². The van der Waals surface area contributed by atoms with Crippen molar-refractivity contribution in [2.75, 3.05) is 6.61 Å². The zero-order valence-corrected chi connectivity index (χ0v) is 6.54. The molecule has 1 fully saturated rings. The topological polar surface area (TPSA) is 101 Å². The Balaban J connectivity index is 2.63. The van der Waals surface area contributed by atoms with E-state index in [0.29, 0.717) is 0 Å². The van der Waals surface area contributed by atoms with Gasteiger partial charge in [-0.25, -0.2) is 0 Å². The molecule has 0 aromatic heterocycles. The van der Waals surface area contributed by atoms with Gasteiger partial charge in [-0.1, -0.05) is 0 Å². The summed E-state index contributed by atoms with van der Waals surface area (Å²) in [4.78, 5) is 0. The summed E-state index contributed by atoms with van der Waals surface area (Å²) >= 11 is 0. The lowest BCUT2D eigenvalue weighted by atomic mass is 9.81. The number of rotatable bonds is 1. The van der Waals surface area contributed by atoms with Crippen LogP contribution in [0.25, 0.3) is 0 Å². The van der Waals surface area contributed by atoms with E-state index in [1.807, 2.05) is 0 Å². The molecule has 5 N–H and O–H groups in total. The van der Waals surface area contributed by atoms with Crippen molar-refractivity contribution in [3.05, 3.63) is 0 Å². The van der Waals surface area contributed by atoms with Gasteiger partial charge < -0.3 is 25.5 Å². The zero-order valence-electron chi connectivity index (χ0n) is 6.54. The van der Waals surface area contributed by atoms with Gasteiger partial charge in [0.2, 0.25) is 0 Å². The maximum atomic E-state index is 9.24. The van der Waals surface area contributed by atoms with Crippen molar-refractivity contribution in [2.45, 2.75) is 30.8 Å². The molecule has 0 aromatic rings. The summed E-state index contributed by atoms with van der Waals surface area (Å²) in [5.74, 6) is -0.557. The molecule has 1 saturated carbocycles. The summed E-state index contributed by atoms with van der Waals surface area (Å²) < 4.78 is 0. The monoisotopic (exact) mass is 178 g/mol. The van der Waals surface area contributed by atoms with E-state index in [4.69, 9.17) is 20.4 Å². The van der Waals surface area contributed by atoms with E-state index in [-0.39, 0.29) is 13.0 Å². The summed E-state index contributed by atoms with van der Waals surface area (Å²) in [7, 11) is 0. The second-order valence-electron chi connectivity index (χ2n) is 3.22. The normalized spacial score (nSPS) is 49.2. The van der Waals surface area contributed by atoms with E-state index in [1.165, 1.54) is 0 Å². The van der Waals surface area contributed by atoms with Crippen molar-refractivity contribution in [3.8, 4) is 0 Å². The second-order valence-corrected chi connectivity index (χ2v) is 3.22. The van der Waals surface area contributed by atoms with Crippen LogP contribution in [-0.4, -0.2) is 56.6 Å². The van der Waals surface area contributed by atoms with Crippen LogP contribution in [-0.2, 0) is 0 Å². The molecule has 0 saturated heterocycles. The minimum atomic E-state index is -1.37. The first kappa shape index (κ1) is 9.88. The number of aliphatic hydroxyl groups excluding tert-OH is 5. The molecule has 0 radical (unpaired) electrons. The molecule has 0 spiro atoms. The molecule has 0 unspecified atom stereocenters. The average molecular weight is 178 g/mol. The molecular formula is C7H14O5. The Labute approximate surface area is 69.9 Å². The summed E-state index contributed by atoms with van der Waals surface area (Å²) in [5.41, 5.74) is 0. The van der Waals surface area contributed by atoms with E-state index in [9.17, 15) is 5.11 Å². The highest BCUT2D eigenvalue weighted by molar-refractivity contribution is 4.91. The molecule has 0 aliphatic heterocycles. The maximum absolute atomic E-state index is 9.24. The van der Waals surface area contributed by atoms with Crippen molar-refractivity contribution in [1.29, 1.82) is 0 Å². The molecule has 1 aliphatic rings. The van der Waals surface area contributed by atoms with E-state index in [0.717, 1.165) is 0 Å². The van der Waals surface area contributed by atoms with Crippen LogP contribution >= 0.6 is 0 Å². The first-order chi connectivity index (χ1) is 5.57. The summed E-state index contributed by atoms with van der Waals surface area (Å²) in [5, 5.41) is 45.3. The van der Waals surface area contributed by atoms with Crippen LogP contribution in [0.15, 0.2) is 0 Å². The van der Waals surface area contributed by atoms with Crippen LogP contribution in [0.1, 0.15) is 6.42 Å². The van der Waals surface area contributed by atoms with Crippen LogP contribution in [0.5, 0.6) is 0 Å². The molecular weight excluding hydrogens is 164 g/mol. The van der Waals surface area contributed by atoms with E-state index in [2.05, 4.69) is 0 Å².